The van der Waals surface area contributed by atoms with E-state index in [1.165, 1.54) is 11.8 Å². The van der Waals surface area contributed by atoms with Gasteiger partial charge in [0, 0.05) is 4.90 Å². The molecular formula is C8H7N2OS. The Bertz CT molecular complexity index is 338. The molecule has 2 N–H and O–H groups in total. The van der Waals surface area contributed by atoms with E-state index in [1.807, 2.05) is 12.1 Å². The predicted molar refractivity (Wildman–Crippen MR) is 48.6 cm³/mol. The first-order valence-electron chi connectivity index (χ1n) is 3.54. The van der Waals surface area contributed by atoms with Crippen molar-refractivity contribution in [1.29, 1.82) is 0 Å². The molecule has 61 valence electrons. The lowest BCUT2D eigenvalue weighted by Gasteiger charge is -2.16. The summed E-state index contributed by atoms with van der Waals surface area (Å²) in [6.45, 7) is 0. The number of amides is 1. The minimum absolute atomic E-state index is 0.0211. The Hall–Kier alpha value is -1.16. The monoisotopic (exact) mass is 179 g/mol. The van der Waals surface area contributed by atoms with Gasteiger partial charge in [-0.1, -0.05) is 6.07 Å². The molecule has 0 aliphatic carbocycles. The maximum absolute atomic E-state index is 11.0. The molecule has 0 fully saturated rings. The number of para-hydroxylation sites is 1. The molecule has 12 heavy (non-hydrogen) atoms. The Labute approximate surface area is 74.3 Å². The molecule has 0 saturated carbocycles. The highest BCUT2D eigenvalue weighted by Crippen LogP contribution is 2.35. The maximum Gasteiger partial charge on any atom is 0.234 e. The fraction of sp³-hybridized carbons (Fsp3) is 0.125. The molecule has 0 atom stereocenters. The van der Waals surface area contributed by atoms with Crippen molar-refractivity contribution in [2.75, 3.05) is 11.1 Å². The summed E-state index contributed by atoms with van der Waals surface area (Å²) in [5.74, 6) is 0.434. The van der Waals surface area contributed by atoms with Crippen molar-refractivity contribution in [2.45, 2.75) is 4.90 Å². The van der Waals surface area contributed by atoms with Gasteiger partial charge in [-0.2, -0.15) is 0 Å². The van der Waals surface area contributed by atoms with Crippen LogP contribution in [0.3, 0.4) is 0 Å². The predicted octanol–water partition coefficient (Wildman–Crippen LogP) is 1.65. The molecule has 1 aliphatic rings. The van der Waals surface area contributed by atoms with Gasteiger partial charge in [-0.15, -0.1) is 11.8 Å². The summed E-state index contributed by atoms with van der Waals surface area (Å²) < 4.78 is 0. The molecule has 0 saturated heterocycles. The van der Waals surface area contributed by atoms with Gasteiger partial charge in [0.1, 0.15) is 0 Å². The first-order valence-corrected chi connectivity index (χ1v) is 4.53. The van der Waals surface area contributed by atoms with E-state index in [2.05, 4.69) is 5.32 Å². The molecule has 2 rings (SSSR count). The van der Waals surface area contributed by atoms with E-state index < -0.39 is 0 Å². The summed E-state index contributed by atoms with van der Waals surface area (Å²) in [5, 5.41) is 2.68. The van der Waals surface area contributed by atoms with Gasteiger partial charge in [0.25, 0.3) is 0 Å². The molecule has 0 spiro atoms. The smallest absolute Gasteiger partial charge is 0.234 e. The number of rotatable bonds is 0. The summed E-state index contributed by atoms with van der Waals surface area (Å²) in [6.07, 6.45) is 0. The lowest BCUT2D eigenvalue weighted by Crippen LogP contribution is -2.18. The van der Waals surface area contributed by atoms with Crippen LogP contribution in [-0.4, -0.2) is 11.7 Å². The van der Waals surface area contributed by atoms with E-state index >= 15 is 0 Å². The number of anilines is 1. The molecule has 3 nitrogen and oxygen atoms in total. The number of thioether (sulfide) groups is 1. The highest BCUT2D eigenvalue weighted by Gasteiger charge is 2.16. The normalized spacial score (nSPS) is 15.2. The van der Waals surface area contributed by atoms with Gasteiger partial charge in [0.05, 0.1) is 17.1 Å². The summed E-state index contributed by atoms with van der Waals surface area (Å²) in [4.78, 5) is 12.0. The number of hydrogen-bond donors (Lipinski definition) is 1. The van der Waals surface area contributed by atoms with Crippen LogP contribution >= 0.6 is 11.8 Å². The molecule has 1 aromatic carbocycles. The summed E-state index contributed by atoms with van der Waals surface area (Å²) in [6, 6.07) is 5.41. The second-order valence-corrected chi connectivity index (χ2v) is 3.53. The fourth-order valence-corrected chi connectivity index (χ4v) is 1.94. The first kappa shape index (κ1) is 7.49. The van der Waals surface area contributed by atoms with Gasteiger partial charge in [-0.05, 0) is 12.1 Å². The Morgan fingerprint density at radius 2 is 2.33 bits per heavy atom. The second-order valence-electron chi connectivity index (χ2n) is 2.52. The van der Waals surface area contributed by atoms with E-state index in [0.717, 1.165) is 4.90 Å². The fourth-order valence-electron chi connectivity index (χ4n) is 1.10. The number of carbonyl (C=O) groups is 1. The Balaban J connectivity index is 2.50. The lowest BCUT2D eigenvalue weighted by atomic mass is 10.2. The van der Waals surface area contributed by atoms with Gasteiger partial charge in [0.15, 0.2) is 0 Å². The number of benzene rings is 1. The van der Waals surface area contributed by atoms with Gasteiger partial charge in [0.2, 0.25) is 5.91 Å². The second kappa shape index (κ2) is 2.71. The Morgan fingerprint density at radius 1 is 1.50 bits per heavy atom. The van der Waals surface area contributed by atoms with Crippen molar-refractivity contribution in [3.05, 3.63) is 18.2 Å². The topological polar surface area (TPSA) is 52.9 Å². The molecule has 0 bridgehead atoms. The molecule has 1 amide bonds. The van der Waals surface area contributed by atoms with Crippen LogP contribution in [0.15, 0.2) is 23.1 Å². The van der Waals surface area contributed by atoms with E-state index in [4.69, 9.17) is 5.73 Å². The average molecular weight is 179 g/mol. The van der Waals surface area contributed by atoms with Crippen LogP contribution in [0.1, 0.15) is 0 Å². The molecule has 0 unspecified atom stereocenters. The Kier molecular flexibility index (Phi) is 1.69. The van der Waals surface area contributed by atoms with E-state index in [9.17, 15) is 4.79 Å². The highest BCUT2D eigenvalue weighted by molar-refractivity contribution is 8.00. The van der Waals surface area contributed by atoms with Crippen LogP contribution in [0, 0.1) is 0 Å². The first-order chi connectivity index (χ1) is 5.77. The van der Waals surface area contributed by atoms with Crippen LogP contribution in [0.25, 0.3) is 0 Å². The number of nitrogens with one attached hydrogen (secondary N) is 2. The van der Waals surface area contributed by atoms with Gasteiger partial charge < -0.3 is 5.32 Å². The third kappa shape index (κ3) is 1.14. The van der Waals surface area contributed by atoms with Crippen molar-refractivity contribution in [2.24, 2.45) is 0 Å². The van der Waals surface area contributed by atoms with Crippen molar-refractivity contribution < 1.29 is 4.79 Å². The number of carbonyl (C=O) groups excluding carboxylic acids is 1. The van der Waals surface area contributed by atoms with Crippen LogP contribution in [0.4, 0.5) is 11.4 Å². The number of hydrogen-bond acceptors (Lipinski definition) is 2. The third-order valence-corrected chi connectivity index (χ3v) is 2.71. The lowest BCUT2D eigenvalue weighted by molar-refractivity contribution is -0.113. The third-order valence-electron chi connectivity index (χ3n) is 1.65. The highest BCUT2D eigenvalue weighted by atomic mass is 32.2. The van der Waals surface area contributed by atoms with Gasteiger partial charge in [-0.25, -0.2) is 0 Å². The van der Waals surface area contributed by atoms with Crippen molar-refractivity contribution >= 4 is 29.0 Å². The summed E-state index contributed by atoms with van der Waals surface area (Å²) >= 11 is 1.48. The number of fused-ring (bicyclic) bond motifs is 1. The maximum atomic E-state index is 11.0. The minimum Gasteiger partial charge on any atom is -0.323 e. The van der Waals surface area contributed by atoms with Crippen LogP contribution in [0.5, 0.6) is 0 Å². The average Bonchev–Trinajstić information content (AvgIpc) is 2.07. The zero-order chi connectivity index (χ0) is 8.55. The molecule has 0 aromatic heterocycles. The van der Waals surface area contributed by atoms with Crippen molar-refractivity contribution in [1.82, 2.24) is 5.73 Å². The standard InChI is InChI=1S/C8H7N2OS/c9-5-2-1-3-6-8(5)10-7(11)4-12-6/h1-3,9H,4H2,(H,10,11). The molecule has 4 heteroatoms. The van der Waals surface area contributed by atoms with E-state index in [-0.39, 0.29) is 5.91 Å². The molecule has 1 aromatic rings. The molecule has 1 heterocycles. The molecule has 1 radical (unpaired) electrons. The SMILES string of the molecule is [NH]c1cccc2c1NC(=O)CS2. The zero-order valence-corrected chi connectivity index (χ0v) is 7.07. The van der Waals surface area contributed by atoms with Gasteiger partial charge in [-0.3, -0.25) is 10.5 Å². The largest absolute Gasteiger partial charge is 0.323 e. The van der Waals surface area contributed by atoms with Crippen LogP contribution < -0.4 is 11.1 Å². The van der Waals surface area contributed by atoms with Crippen LogP contribution in [-0.2, 0) is 4.79 Å². The summed E-state index contributed by atoms with van der Waals surface area (Å²) in [5.41, 5.74) is 8.54. The quantitative estimate of drug-likeness (QED) is 0.658. The summed E-state index contributed by atoms with van der Waals surface area (Å²) in [7, 11) is 0. The van der Waals surface area contributed by atoms with Crippen molar-refractivity contribution in [3.8, 4) is 0 Å². The van der Waals surface area contributed by atoms with Crippen molar-refractivity contribution in [3.63, 3.8) is 0 Å². The zero-order valence-electron chi connectivity index (χ0n) is 6.26. The molecule has 1 aliphatic heterocycles. The van der Waals surface area contributed by atoms with E-state index in [1.54, 1.807) is 6.07 Å². The van der Waals surface area contributed by atoms with Crippen LogP contribution in [0.2, 0.25) is 0 Å². The minimum atomic E-state index is -0.0211. The molecular weight excluding hydrogens is 172 g/mol. The van der Waals surface area contributed by atoms with E-state index in [0.29, 0.717) is 17.1 Å². The van der Waals surface area contributed by atoms with Gasteiger partial charge >= 0.3 is 0 Å². The Morgan fingerprint density at radius 3 is 3.17 bits per heavy atom.